The number of H-pyrrole nitrogens is 1. The van der Waals surface area contributed by atoms with E-state index in [1.807, 2.05) is 18.2 Å². The van der Waals surface area contributed by atoms with E-state index in [2.05, 4.69) is 19.9 Å². The number of benzene rings is 1. The van der Waals surface area contributed by atoms with E-state index < -0.39 is 10.8 Å². The SMILES string of the molecule is N#CCS(=O)c1ccc(-c2nc3nccnc3[nH]2)cc1. The minimum absolute atomic E-state index is 0.00216. The van der Waals surface area contributed by atoms with Crippen LogP contribution in [0.4, 0.5) is 0 Å². The minimum Gasteiger partial charge on any atom is -0.321 e. The van der Waals surface area contributed by atoms with Crippen molar-refractivity contribution in [2.45, 2.75) is 4.90 Å². The molecule has 0 aliphatic rings. The number of nitrogens with one attached hydrogen (secondary N) is 1. The highest BCUT2D eigenvalue weighted by molar-refractivity contribution is 7.85. The third-order valence-electron chi connectivity index (χ3n) is 2.72. The number of nitriles is 1. The molecule has 98 valence electrons. The van der Waals surface area contributed by atoms with Gasteiger partial charge in [0.05, 0.1) is 16.9 Å². The Bertz CT molecular complexity index is 786. The molecular weight excluding hydrogens is 274 g/mol. The van der Waals surface area contributed by atoms with Gasteiger partial charge in [-0.1, -0.05) is 12.1 Å². The fourth-order valence-corrected chi connectivity index (χ4v) is 2.51. The Morgan fingerprint density at radius 3 is 2.65 bits per heavy atom. The zero-order valence-electron chi connectivity index (χ0n) is 10.3. The number of aromatic nitrogens is 4. The first-order valence-corrected chi connectivity index (χ1v) is 7.12. The summed E-state index contributed by atoms with van der Waals surface area (Å²) < 4.78 is 11.7. The molecule has 2 aromatic heterocycles. The van der Waals surface area contributed by atoms with E-state index in [1.54, 1.807) is 24.5 Å². The Labute approximate surface area is 117 Å². The molecule has 0 amide bonds. The van der Waals surface area contributed by atoms with Gasteiger partial charge in [0.1, 0.15) is 11.6 Å². The Kier molecular flexibility index (Phi) is 3.23. The van der Waals surface area contributed by atoms with E-state index in [0.29, 0.717) is 22.0 Å². The van der Waals surface area contributed by atoms with Gasteiger partial charge >= 0.3 is 0 Å². The summed E-state index contributed by atoms with van der Waals surface area (Å²) in [5.41, 5.74) is 2.03. The number of hydrogen-bond acceptors (Lipinski definition) is 5. The molecule has 0 saturated heterocycles. The molecule has 6 nitrogen and oxygen atoms in total. The van der Waals surface area contributed by atoms with Gasteiger partial charge in [0.15, 0.2) is 11.3 Å². The molecule has 3 rings (SSSR count). The molecule has 1 unspecified atom stereocenters. The molecule has 7 heteroatoms. The monoisotopic (exact) mass is 283 g/mol. The average Bonchev–Trinajstić information content (AvgIpc) is 2.91. The molecular formula is C13H9N5OS. The predicted molar refractivity (Wildman–Crippen MR) is 74.0 cm³/mol. The van der Waals surface area contributed by atoms with Gasteiger partial charge in [-0.2, -0.15) is 5.26 Å². The van der Waals surface area contributed by atoms with Crippen molar-refractivity contribution in [2.24, 2.45) is 0 Å². The van der Waals surface area contributed by atoms with Crippen molar-refractivity contribution >= 4 is 22.1 Å². The second-order valence-electron chi connectivity index (χ2n) is 3.99. The zero-order valence-corrected chi connectivity index (χ0v) is 11.1. The average molecular weight is 283 g/mol. The van der Waals surface area contributed by atoms with Crippen LogP contribution in [0.25, 0.3) is 22.7 Å². The highest BCUT2D eigenvalue weighted by atomic mass is 32.2. The van der Waals surface area contributed by atoms with E-state index in [1.165, 1.54) is 0 Å². The molecule has 0 bridgehead atoms. The molecule has 0 aliphatic carbocycles. The Morgan fingerprint density at radius 2 is 1.95 bits per heavy atom. The Balaban J connectivity index is 1.95. The first-order chi connectivity index (χ1) is 9.78. The van der Waals surface area contributed by atoms with Crippen molar-refractivity contribution in [3.8, 4) is 17.5 Å². The van der Waals surface area contributed by atoms with Crippen LogP contribution in [0.2, 0.25) is 0 Å². The van der Waals surface area contributed by atoms with E-state index in [-0.39, 0.29) is 5.75 Å². The summed E-state index contributed by atoms with van der Waals surface area (Å²) in [5, 5.41) is 8.54. The first kappa shape index (κ1) is 12.4. The lowest BCUT2D eigenvalue weighted by Gasteiger charge is -1.99. The standard InChI is InChI=1S/C13H9N5OS/c14-5-8-20(19)10-3-1-9(2-4-10)11-17-12-13(18-11)16-7-6-15-12/h1-4,6-7H,8H2,(H,15,16,17,18). The number of rotatable bonds is 3. The summed E-state index contributed by atoms with van der Waals surface area (Å²) in [4.78, 5) is 16.3. The second-order valence-corrected chi connectivity index (χ2v) is 5.44. The van der Waals surface area contributed by atoms with E-state index in [9.17, 15) is 4.21 Å². The van der Waals surface area contributed by atoms with Crippen LogP contribution in [0.3, 0.4) is 0 Å². The number of hydrogen-bond donors (Lipinski definition) is 1. The summed E-state index contributed by atoms with van der Waals surface area (Å²) in [6, 6.07) is 8.98. The fourth-order valence-electron chi connectivity index (χ4n) is 1.79. The lowest BCUT2D eigenvalue weighted by atomic mass is 10.2. The molecule has 20 heavy (non-hydrogen) atoms. The molecule has 1 atom stereocenters. The molecule has 1 aromatic carbocycles. The molecule has 0 saturated carbocycles. The van der Waals surface area contributed by atoms with Crippen molar-refractivity contribution in [3.63, 3.8) is 0 Å². The van der Waals surface area contributed by atoms with E-state index in [0.717, 1.165) is 5.56 Å². The van der Waals surface area contributed by atoms with Crippen LogP contribution in [0, 0.1) is 11.3 Å². The van der Waals surface area contributed by atoms with Crippen molar-refractivity contribution in [1.82, 2.24) is 19.9 Å². The maximum Gasteiger partial charge on any atom is 0.197 e. The predicted octanol–water partition coefficient (Wildman–Crippen LogP) is 1.65. The van der Waals surface area contributed by atoms with Crippen molar-refractivity contribution in [3.05, 3.63) is 36.7 Å². The number of imidazole rings is 1. The summed E-state index contributed by atoms with van der Waals surface area (Å²) >= 11 is 0. The van der Waals surface area contributed by atoms with Gasteiger partial charge < -0.3 is 4.98 Å². The van der Waals surface area contributed by atoms with Gasteiger partial charge in [-0.3, -0.25) is 4.21 Å². The minimum atomic E-state index is -1.28. The first-order valence-electron chi connectivity index (χ1n) is 5.80. The summed E-state index contributed by atoms with van der Waals surface area (Å²) in [5.74, 6) is 0.654. The summed E-state index contributed by atoms with van der Waals surface area (Å²) in [7, 11) is -1.28. The Morgan fingerprint density at radius 1 is 1.20 bits per heavy atom. The topological polar surface area (TPSA) is 95.3 Å². The van der Waals surface area contributed by atoms with Gasteiger partial charge in [0.2, 0.25) is 0 Å². The quantitative estimate of drug-likeness (QED) is 0.788. The smallest absolute Gasteiger partial charge is 0.197 e. The highest BCUT2D eigenvalue weighted by Gasteiger charge is 2.08. The van der Waals surface area contributed by atoms with Crippen LogP contribution < -0.4 is 0 Å². The molecule has 3 aromatic rings. The van der Waals surface area contributed by atoms with E-state index >= 15 is 0 Å². The number of nitrogens with zero attached hydrogens (tertiary/aromatic N) is 4. The molecule has 0 aliphatic heterocycles. The van der Waals surface area contributed by atoms with E-state index in [4.69, 9.17) is 5.26 Å². The van der Waals surface area contributed by atoms with Crippen LogP contribution >= 0.6 is 0 Å². The van der Waals surface area contributed by atoms with Crippen LogP contribution in [0.1, 0.15) is 0 Å². The van der Waals surface area contributed by atoms with Crippen LogP contribution in [0.5, 0.6) is 0 Å². The third kappa shape index (κ3) is 2.29. The number of fused-ring (bicyclic) bond motifs is 1. The lowest BCUT2D eigenvalue weighted by Crippen LogP contribution is -1.95. The molecule has 2 heterocycles. The maximum atomic E-state index is 11.7. The zero-order chi connectivity index (χ0) is 13.9. The van der Waals surface area contributed by atoms with Gasteiger partial charge in [-0.15, -0.1) is 0 Å². The maximum absolute atomic E-state index is 11.7. The van der Waals surface area contributed by atoms with Crippen molar-refractivity contribution < 1.29 is 4.21 Å². The number of aromatic amines is 1. The van der Waals surface area contributed by atoms with Crippen LogP contribution in [0.15, 0.2) is 41.6 Å². The van der Waals surface area contributed by atoms with Crippen LogP contribution in [-0.4, -0.2) is 29.9 Å². The van der Waals surface area contributed by atoms with Gasteiger partial charge in [0, 0.05) is 22.9 Å². The third-order valence-corrected chi connectivity index (χ3v) is 3.91. The van der Waals surface area contributed by atoms with Gasteiger partial charge in [-0.25, -0.2) is 15.0 Å². The van der Waals surface area contributed by atoms with Crippen LogP contribution in [-0.2, 0) is 10.8 Å². The largest absolute Gasteiger partial charge is 0.321 e. The molecule has 0 radical (unpaired) electrons. The Hall–Kier alpha value is -2.59. The van der Waals surface area contributed by atoms with Crippen molar-refractivity contribution in [1.29, 1.82) is 5.26 Å². The lowest BCUT2D eigenvalue weighted by molar-refractivity contribution is 0.685. The normalized spacial score (nSPS) is 12.2. The van der Waals surface area contributed by atoms with Crippen molar-refractivity contribution in [2.75, 3.05) is 5.75 Å². The van der Waals surface area contributed by atoms with Gasteiger partial charge in [0.25, 0.3) is 0 Å². The molecule has 0 spiro atoms. The second kappa shape index (κ2) is 5.19. The summed E-state index contributed by atoms with van der Waals surface area (Å²) in [6.45, 7) is 0. The highest BCUT2D eigenvalue weighted by Crippen LogP contribution is 2.19. The van der Waals surface area contributed by atoms with Gasteiger partial charge in [-0.05, 0) is 12.1 Å². The molecule has 1 N–H and O–H groups in total. The summed E-state index contributed by atoms with van der Waals surface area (Å²) in [6.07, 6.45) is 3.18. The molecule has 0 fully saturated rings. The fraction of sp³-hybridized carbons (Fsp3) is 0.0769.